The maximum atomic E-state index is 3.54. The van der Waals surface area contributed by atoms with E-state index < -0.39 is 0 Å². The molecule has 1 saturated carbocycles. The quantitative estimate of drug-likeness (QED) is 0.733. The molecule has 1 fully saturated rings. The summed E-state index contributed by atoms with van der Waals surface area (Å²) in [5, 5.41) is 3.54. The highest BCUT2D eigenvalue weighted by Gasteiger charge is 2.44. The van der Waals surface area contributed by atoms with Gasteiger partial charge in [-0.3, -0.25) is 0 Å². The van der Waals surface area contributed by atoms with Crippen molar-refractivity contribution in [2.75, 3.05) is 24.5 Å². The first-order chi connectivity index (χ1) is 8.39. The van der Waals surface area contributed by atoms with E-state index >= 15 is 0 Å². The van der Waals surface area contributed by atoms with Gasteiger partial charge in [0.15, 0.2) is 0 Å². The van der Waals surface area contributed by atoms with Crippen molar-refractivity contribution in [3.05, 3.63) is 29.3 Å². The molecule has 90 valence electrons. The van der Waals surface area contributed by atoms with Gasteiger partial charge >= 0.3 is 0 Å². The molecular weight excluding hydrogens is 208 g/mol. The molecule has 3 aliphatic rings. The van der Waals surface area contributed by atoms with Crippen molar-refractivity contribution < 1.29 is 0 Å². The molecule has 0 atom stereocenters. The van der Waals surface area contributed by atoms with Crippen LogP contribution in [0.4, 0.5) is 5.69 Å². The van der Waals surface area contributed by atoms with Gasteiger partial charge in [-0.2, -0.15) is 0 Å². The van der Waals surface area contributed by atoms with Crippen molar-refractivity contribution in [1.82, 2.24) is 5.32 Å². The molecule has 4 rings (SSSR count). The van der Waals surface area contributed by atoms with E-state index in [1.54, 1.807) is 11.3 Å². The first-order valence-electron chi connectivity index (χ1n) is 6.97. The zero-order chi connectivity index (χ0) is 11.3. The van der Waals surface area contributed by atoms with Crippen molar-refractivity contribution in [2.24, 2.45) is 0 Å². The molecule has 1 N–H and O–H groups in total. The lowest BCUT2D eigenvalue weighted by atomic mass is 9.60. The third kappa shape index (κ3) is 1.30. The van der Waals surface area contributed by atoms with Crippen molar-refractivity contribution in [1.29, 1.82) is 0 Å². The van der Waals surface area contributed by atoms with E-state index in [0.29, 0.717) is 5.41 Å². The van der Waals surface area contributed by atoms with Gasteiger partial charge in [0.25, 0.3) is 0 Å². The summed E-state index contributed by atoms with van der Waals surface area (Å²) in [6, 6.07) is 6.97. The van der Waals surface area contributed by atoms with Crippen LogP contribution in [0, 0.1) is 0 Å². The summed E-state index contributed by atoms with van der Waals surface area (Å²) in [7, 11) is 0. The first-order valence-corrected chi connectivity index (χ1v) is 6.97. The van der Waals surface area contributed by atoms with Crippen LogP contribution < -0.4 is 10.2 Å². The highest BCUT2D eigenvalue weighted by atomic mass is 15.2. The molecule has 0 saturated heterocycles. The van der Waals surface area contributed by atoms with Gasteiger partial charge in [0.1, 0.15) is 0 Å². The third-order valence-electron chi connectivity index (χ3n) is 5.05. The number of nitrogens with one attached hydrogen (secondary N) is 1. The van der Waals surface area contributed by atoms with E-state index in [0.717, 1.165) is 13.1 Å². The molecule has 1 spiro atoms. The zero-order valence-corrected chi connectivity index (χ0v) is 10.3. The van der Waals surface area contributed by atoms with Crippen LogP contribution in [0.25, 0.3) is 0 Å². The number of fused-ring (bicyclic) bond motifs is 1. The van der Waals surface area contributed by atoms with Crippen LogP contribution >= 0.6 is 0 Å². The number of hydrogen-bond acceptors (Lipinski definition) is 2. The van der Waals surface area contributed by atoms with E-state index in [4.69, 9.17) is 0 Å². The molecule has 2 aliphatic heterocycles. The van der Waals surface area contributed by atoms with E-state index in [2.05, 4.69) is 28.4 Å². The average molecular weight is 228 g/mol. The Kier molecular flexibility index (Phi) is 2.04. The minimum atomic E-state index is 0.562. The molecule has 1 aromatic rings. The van der Waals surface area contributed by atoms with Crippen LogP contribution in [0.15, 0.2) is 18.2 Å². The number of hydrogen-bond donors (Lipinski definition) is 1. The lowest BCUT2D eigenvalue weighted by Crippen LogP contribution is -2.45. The topological polar surface area (TPSA) is 15.3 Å². The van der Waals surface area contributed by atoms with Crippen LogP contribution in [0.5, 0.6) is 0 Å². The molecule has 0 radical (unpaired) electrons. The van der Waals surface area contributed by atoms with Crippen LogP contribution in [-0.4, -0.2) is 19.6 Å². The summed E-state index contributed by atoms with van der Waals surface area (Å²) in [4.78, 5) is 2.62. The number of benzene rings is 1. The number of nitrogens with zero attached hydrogens (tertiary/aromatic N) is 1. The number of para-hydroxylation sites is 1. The maximum Gasteiger partial charge on any atom is 0.0450 e. The fraction of sp³-hybridized carbons (Fsp3) is 0.600. The molecule has 1 aliphatic carbocycles. The minimum absolute atomic E-state index is 0.562. The molecule has 17 heavy (non-hydrogen) atoms. The lowest BCUT2D eigenvalue weighted by Gasteiger charge is -2.50. The smallest absolute Gasteiger partial charge is 0.0450 e. The van der Waals surface area contributed by atoms with E-state index in [1.807, 2.05) is 0 Å². The van der Waals surface area contributed by atoms with Crippen LogP contribution in [0.1, 0.15) is 36.8 Å². The number of anilines is 1. The second kappa shape index (κ2) is 3.49. The lowest BCUT2D eigenvalue weighted by molar-refractivity contribution is 0.220. The van der Waals surface area contributed by atoms with Crippen molar-refractivity contribution in [2.45, 2.75) is 37.6 Å². The summed E-state index contributed by atoms with van der Waals surface area (Å²) < 4.78 is 0. The van der Waals surface area contributed by atoms with E-state index in [1.165, 1.54) is 44.3 Å². The second-order valence-corrected chi connectivity index (χ2v) is 5.86. The standard InChI is InChI=1S/C15H20N2/c1-3-12-11-16-8-10-17-9-7-15(5-2-6-15)13(4-1)14(12)17/h1,3-4,16H,2,5-11H2. The van der Waals surface area contributed by atoms with Crippen molar-refractivity contribution in [3.63, 3.8) is 0 Å². The van der Waals surface area contributed by atoms with Gasteiger partial charge in [0.05, 0.1) is 0 Å². The number of rotatable bonds is 0. The highest BCUT2D eigenvalue weighted by Crippen LogP contribution is 2.53. The van der Waals surface area contributed by atoms with Crippen molar-refractivity contribution in [3.8, 4) is 0 Å². The molecule has 0 amide bonds. The zero-order valence-electron chi connectivity index (χ0n) is 10.3. The SMILES string of the molecule is c1cc2c3c(c1)C1(CCC1)CCN3CCNC2. The summed E-state index contributed by atoms with van der Waals surface area (Å²) >= 11 is 0. The minimum Gasteiger partial charge on any atom is -0.370 e. The van der Waals surface area contributed by atoms with Gasteiger partial charge < -0.3 is 10.2 Å². The Balaban J connectivity index is 1.90. The molecule has 2 heteroatoms. The Morgan fingerprint density at radius 3 is 2.88 bits per heavy atom. The predicted octanol–water partition coefficient (Wildman–Crippen LogP) is 2.42. The van der Waals surface area contributed by atoms with E-state index in [9.17, 15) is 0 Å². The van der Waals surface area contributed by atoms with Gasteiger partial charge in [-0.25, -0.2) is 0 Å². The van der Waals surface area contributed by atoms with Gasteiger partial charge in [-0.05, 0) is 35.8 Å². The fourth-order valence-corrected chi connectivity index (χ4v) is 3.91. The molecular formula is C15H20N2. The summed E-state index contributed by atoms with van der Waals surface area (Å²) in [6.45, 7) is 4.63. The summed E-state index contributed by atoms with van der Waals surface area (Å²) in [5.41, 5.74) is 5.33. The molecule has 2 nitrogen and oxygen atoms in total. The molecule has 0 bridgehead atoms. The summed E-state index contributed by atoms with van der Waals surface area (Å²) in [5.74, 6) is 0. The third-order valence-corrected chi connectivity index (χ3v) is 5.05. The molecule has 1 aromatic carbocycles. The highest BCUT2D eigenvalue weighted by molar-refractivity contribution is 5.65. The van der Waals surface area contributed by atoms with Gasteiger partial charge in [0.2, 0.25) is 0 Å². The van der Waals surface area contributed by atoms with Crippen LogP contribution in [-0.2, 0) is 12.0 Å². The summed E-state index contributed by atoms with van der Waals surface area (Å²) in [6.07, 6.45) is 5.65. The second-order valence-electron chi connectivity index (χ2n) is 5.86. The maximum absolute atomic E-state index is 3.54. The van der Waals surface area contributed by atoms with Gasteiger partial charge in [-0.15, -0.1) is 0 Å². The van der Waals surface area contributed by atoms with Gasteiger partial charge in [-0.1, -0.05) is 24.6 Å². The Morgan fingerprint density at radius 2 is 2.06 bits per heavy atom. The Labute approximate surface area is 103 Å². The Bertz CT molecular complexity index is 448. The largest absolute Gasteiger partial charge is 0.370 e. The average Bonchev–Trinajstić information content (AvgIpc) is 2.52. The Hall–Kier alpha value is -1.02. The van der Waals surface area contributed by atoms with Crippen LogP contribution in [0.3, 0.4) is 0 Å². The van der Waals surface area contributed by atoms with Crippen LogP contribution in [0.2, 0.25) is 0 Å². The monoisotopic (exact) mass is 228 g/mol. The fourth-order valence-electron chi connectivity index (χ4n) is 3.91. The van der Waals surface area contributed by atoms with E-state index in [-0.39, 0.29) is 0 Å². The predicted molar refractivity (Wildman–Crippen MR) is 70.5 cm³/mol. The Morgan fingerprint density at radius 1 is 1.12 bits per heavy atom. The first kappa shape index (κ1) is 9.95. The molecule has 0 aromatic heterocycles. The van der Waals surface area contributed by atoms with Gasteiger partial charge in [0, 0.05) is 31.9 Å². The molecule has 2 heterocycles. The normalized spacial score (nSPS) is 25.1. The molecule has 0 unspecified atom stereocenters. The van der Waals surface area contributed by atoms with Crippen molar-refractivity contribution >= 4 is 5.69 Å².